The predicted octanol–water partition coefficient (Wildman–Crippen LogP) is 3.86. The molecule has 1 amide bonds. The molecule has 1 aliphatic carbocycles. The van der Waals surface area contributed by atoms with Crippen LogP contribution in [0.15, 0.2) is 36.8 Å². The summed E-state index contributed by atoms with van der Waals surface area (Å²) >= 11 is 6.68. The van der Waals surface area contributed by atoms with Crippen LogP contribution >= 0.6 is 11.6 Å². The molecule has 0 spiro atoms. The third-order valence-corrected chi connectivity index (χ3v) is 8.81. The van der Waals surface area contributed by atoms with E-state index in [-0.39, 0.29) is 30.3 Å². The van der Waals surface area contributed by atoms with E-state index in [0.29, 0.717) is 17.4 Å². The highest BCUT2D eigenvalue weighted by Crippen LogP contribution is 2.54. The van der Waals surface area contributed by atoms with E-state index < -0.39 is 11.7 Å². The number of ether oxygens (including phenoxy) is 1. The number of hydrogen-bond acceptors (Lipinski definition) is 6. The van der Waals surface area contributed by atoms with E-state index in [1.54, 1.807) is 10.9 Å². The van der Waals surface area contributed by atoms with Crippen LogP contribution in [0.5, 0.6) is 0 Å². The number of pyridine rings is 1. The quantitative estimate of drug-likeness (QED) is 0.544. The zero-order valence-corrected chi connectivity index (χ0v) is 22.1. The van der Waals surface area contributed by atoms with Gasteiger partial charge in [-0.25, -0.2) is 9.37 Å². The van der Waals surface area contributed by atoms with Gasteiger partial charge in [0.25, 0.3) is 0 Å². The van der Waals surface area contributed by atoms with Crippen molar-refractivity contribution in [3.05, 3.63) is 47.4 Å². The molecule has 0 unspecified atom stereocenters. The van der Waals surface area contributed by atoms with Crippen LogP contribution in [0.3, 0.4) is 0 Å². The van der Waals surface area contributed by atoms with Gasteiger partial charge in [0.15, 0.2) is 0 Å². The first-order valence-corrected chi connectivity index (χ1v) is 13.2. The lowest BCUT2D eigenvalue weighted by Crippen LogP contribution is -2.59. The number of rotatable bonds is 5. The zero-order valence-electron chi connectivity index (χ0n) is 21.3. The molecule has 3 fully saturated rings. The van der Waals surface area contributed by atoms with Gasteiger partial charge in [-0.2, -0.15) is 5.10 Å². The van der Waals surface area contributed by atoms with Crippen LogP contribution in [0.25, 0.3) is 10.8 Å². The van der Waals surface area contributed by atoms with Crippen molar-refractivity contribution in [2.45, 2.75) is 31.5 Å². The summed E-state index contributed by atoms with van der Waals surface area (Å²) in [6.45, 7) is 7.62. The van der Waals surface area contributed by atoms with Gasteiger partial charge in [0.05, 0.1) is 35.7 Å². The normalized spacial score (nSPS) is 30.1. The maximum Gasteiger partial charge on any atom is 0.229 e. The molecule has 10 heteroatoms. The first kappa shape index (κ1) is 24.6. The van der Waals surface area contributed by atoms with E-state index in [9.17, 15) is 9.18 Å². The molecule has 2 saturated heterocycles. The largest absolute Gasteiger partial charge is 0.376 e. The van der Waals surface area contributed by atoms with Crippen LogP contribution in [0.4, 0.5) is 15.9 Å². The second-order valence-corrected chi connectivity index (χ2v) is 11.3. The molecular formula is C27H32ClFN6O2. The van der Waals surface area contributed by atoms with Crippen molar-refractivity contribution in [2.24, 2.45) is 18.9 Å². The van der Waals surface area contributed by atoms with Gasteiger partial charge in [-0.15, -0.1) is 0 Å². The maximum absolute atomic E-state index is 14.5. The van der Waals surface area contributed by atoms with Crippen molar-refractivity contribution in [1.82, 2.24) is 19.7 Å². The molecular weight excluding hydrogens is 495 g/mol. The van der Waals surface area contributed by atoms with Crippen LogP contribution < -0.4 is 10.2 Å². The molecule has 2 aromatic heterocycles. The molecule has 3 aliphatic rings. The van der Waals surface area contributed by atoms with Gasteiger partial charge in [-0.05, 0) is 42.0 Å². The van der Waals surface area contributed by atoms with Gasteiger partial charge in [0, 0.05) is 62.8 Å². The number of fused-ring (bicyclic) bond motifs is 1. The Bertz CT molecular complexity index is 1340. The molecule has 6 rings (SSSR count). The zero-order chi connectivity index (χ0) is 25.9. The minimum Gasteiger partial charge on any atom is -0.376 e. The fourth-order valence-corrected chi connectivity index (χ4v) is 6.34. The van der Waals surface area contributed by atoms with E-state index >= 15 is 0 Å². The molecule has 8 nitrogen and oxygen atoms in total. The summed E-state index contributed by atoms with van der Waals surface area (Å²) < 4.78 is 21.7. The summed E-state index contributed by atoms with van der Waals surface area (Å²) in [5.41, 5.74) is 1.47. The van der Waals surface area contributed by atoms with E-state index in [4.69, 9.17) is 16.3 Å². The Morgan fingerprint density at radius 2 is 1.97 bits per heavy atom. The molecule has 37 heavy (non-hydrogen) atoms. The molecule has 0 radical (unpaired) electrons. The van der Waals surface area contributed by atoms with Crippen LogP contribution in [0, 0.1) is 11.8 Å². The lowest BCUT2D eigenvalue weighted by atomic mass is 9.96. The summed E-state index contributed by atoms with van der Waals surface area (Å²) in [5, 5.41) is 9.78. The number of amides is 1. The van der Waals surface area contributed by atoms with E-state index in [0.717, 1.165) is 48.2 Å². The second kappa shape index (κ2) is 9.22. The average molecular weight is 527 g/mol. The highest BCUT2D eigenvalue weighted by Gasteiger charge is 2.53. The number of nitrogens with zero attached hydrogens (tertiary/aromatic N) is 5. The van der Waals surface area contributed by atoms with Crippen molar-refractivity contribution in [1.29, 1.82) is 0 Å². The number of aromatic nitrogens is 3. The topological polar surface area (TPSA) is 75.5 Å². The fourth-order valence-electron chi connectivity index (χ4n) is 6.05. The Kier molecular flexibility index (Phi) is 6.12. The molecule has 2 aliphatic heterocycles. The smallest absolute Gasteiger partial charge is 0.229 e. The molecule has 4 heterocycles. The Morgan fingerprint density at radius 3 is 2.65 bits per heavy atom. The van der Waals surface area contributed by atoms with Gasteiger partial charge in [-0.1, -0.05) is 18.5 Å². The monoisotopic (exact) mass is 526 g/mol. The van der Waals surface area contributed by atoms with Crippen LogP contribution in [0.2, 0.25) is 5.02 Å². The third-order valence-electron chi connectivity index (χ3n) is 8.51. The first-order chi connectivity index (χ1) is 17.7. The van der Waals surface area contributed by atoms with Gasteiger partial charge in [0.2, 0.25) is 5.91 Å². The summed E-state index contributed by atoms with van der Waals surface area (Å²) in [6.07, 6.45) is 4.59. The molecule has 1 N–H and O–H groups in total. The number of hydrogen-bond donors (Lipinski definition) is 1. The molecule has 5 atom stereocenters. The summed E-state index contributed by atoms with van der Waals surface area (Å²) in [5.74, 6) is 0.870. The Hall–Kier alpha value is -2.75. The van der Waals surface area contributed by atoms with Crippen molar-refractivity contribution >= 4 is 39.8 Å². The third kappa shape index (κ3) is 4.36. The van der Waals surface area contributed by atoms with Gasteiger partial charge >= 0.3 is 0 Å². The second-order valence-electron chi connectivity index (χ2n) is 10.9. The average Bonchev–Trinajstić information content (AvgIpc) is 3.15. The number of halogens is 2. The molecule has 1 aromatic carbocycles. The number of carbonyl (C=O) groups excluding carboxylic acids is 1. The molecule has 1 saturated carbocycles. The summed E-state index contributed by atoms with van der Waals surface area (Å²) in [6, 6.07) is 5.88. The number of alkyl halides is 1. The van der Waals surface area contributed by atoms with Crippen LogP contribution in [-0.2, 0) is 16.6 Å². The lowest BCUT2D eigenvalue weighted by Gasteiger charge is -2.44. The minimum atomic E-state index is -0.970. The van der Waals surface area contributed by atoms with Gasteiger partial charge in [-0.3, -0.25) is 14.4 Å². The number of piperazine rings is 1. The number of aryl methyl sites for hydroxylation is 1. The number of nitrogens with one attached hydrogen (secondary N) is 1. The summed E-state index contributed by atoms with van der Waals surface area (Å²) in [4.78, 5) is 21.9. The van der Waals surface area contributed by atoms with Gasteiger partial charge in [0.1, 0.15) is 12.0 Å². The van der Waals surface area contributed by atoms with E-state index in [1.165, 1.54) is 0 Å². The lowest BCUT2D eigenvalue weighted by molar-refractivity contribution is -0.117. The van der Waals surface area contributed by atoms with Crippen molar-refractivity contribution < 1.29 is 13.9 Å². The Labute approximate surface area is 220 Å². The molecule has 0 bridgehead atoms. The van der Waals surface area contributed by atoms with Crippen molar-refractivity contribution in [2.75, 3.05) is 49.6 Å². The minimum absolute atomic E-state index is 0.0194. The molecule has 196 valence electrons. The number of benzene rings is 1. The van der Waals surface area contributed by atoms with E-state index in [2.05, 4.69) is 38.2 Å². The van der Waals surface area contributed by atoms with E-state index in [1.807, 2.05) is 38.5 Å². The SMILES string of the molecule is C[C@@H]1[C@H](C(=O)Nc2cc3cc(N4CCN([C@]5(C)COC[C@@H]5F)CC4)c(Cl)cc3cn2)[C@H]1c1cnn(C)c1. The number of carbonyl (C=O) groups is 1. The number of anilines is 2. The van der Waals surface area contributed by atoms with Crippen molar-refractivity contribution in [3.8, 4) is 0 Å². The predicted molar refractivity (Wildman–Crippen MR) is 142 cm³/mol. The standard InChI is InChI=1S/C27H32ClFN6O2/c1-16-24(19-12-31-33(3)13-19)25(16)26(36)32-23-10-17-9-21(20(28)8-18(17)11-30-23)34-4-6-35(7-5-34)27(2)15-37-14-22(27)29/h8-13,16,22,24-25H,4-7,14-15H2,1-3H3,(H,30,32,36)/t16-,22-,24+,25-,27+/m0/s1. The summed E-state index contributed by atoms with van der Waals surface area (Å²) in [7, 11) is 1.88. The van der Waals surface area contributed by atoms with Crippen LogP contribution in [0.1, 0.15) is 25.3 Å². The van der Waals surface area contributed by atoms with Crippen LogP contribution in [-0.4, -0.2) is 76.7 Å². The van der Waals surface area contributed by atoms with Crippen molar-refractivity contribution in [3.63, 3.8) is 0 Å². The highest BCUT2D eigenvalue weighted by atomic mass is 35.5. The highest BCUT2D eigenvalue weighted by molar-refractivity contribution is 6.34. The fraction of sp³-hybridized carbons (Fsp3) is 0.519. The Morgan fingerprint density at radius 1 is 1.19 bits per heavy atom. The van der Waals surface area contributed by atoms with Gasteiger partial charge < -0.3 is 15.0 Å². The maximum atomic E-state index is 14.5. The molecule has 3 aromatic rings. The Balaban J connectivity index is 1.16. The first-order valence-electron chi connectivity index (χ1n) is 12.8.